The van der Waals surface area contributed by atoms with E-state index in [9.17, 15) is 0 Å². The summed E-state index contributed by atoms with van der Waals surface area (Å²) in [5.41, 5.74) is 2.02. The van der Waals surface area contributed by atoms with Crippen molar-refractivity contribution in [3.05, 3.63) is 30.4 Å². The molecular weight excluding hydrogens is 200 g/mol. The van der Waals surface area contributed by atoms with E-state index in [-0.39, 0.29) is 5.54 Å². The van der Waals surface area contributed by atoms with Gasteiger partial charge in [-0.05, 0) is 39.8 Å². The summed E-state index contributed by atoms with van der Waals surface area (Å²) >= 11 is 0. The summed E-state index contributed by atoms with van der Waals surface area (Å²) < 4.78 is 2.07. The van der Waals surface area contributed by atoms with Gasteiger partial charge in [-0.1, -0.05) is 0 Å². The fourth-order valence-corrected chi connectivity index (χ4v) is 1.61. The Morgan fingerprint density at radius 3 is 2.62 bits per heavy atom. The molecule has 2 aromatic rings. The highest BCUT2D eigenvalue weighted by molar-refractivity contribution is 5.55. The zero-order chi connectivity index (χ0) is 11.8. The van der Waals surface area contributed by atoms with Crippen molar-refractivity contribution in [3.63, 3.8) is 0 Å². The summed E-state index contributed by atoms with van der Waals surface area (Å²) in [6.07, 6.45) is 3.57. The van der Waals surface area contributed by atoms with Gasteiger partial charge in [0.05, 0.1) is 0 Å². The second-order valence-corrected chi connectivity index (χ2v) is 4.88. The number of rotatable bonds is 1. The molecule has 0 fully saturated rings. The lowest BCUT2D eigenvalue weighted by Gasteiger charge is -2.22. The second-order valence-electron chi connectivity index (χ2n) is 4.88. The topological polar surface area (TPSA) is 43.6 Å². The van der Waals surface area contributed by atoms with Gasteiger partial charge < -0.3 is 4.57 Å². The van der Waals surface area contributed by atoms with Gasteiger partial charge in [0.25, 0.3) is 0 Å². The fourth-order valence-electron chi connectivity index (χ4n) is 1.61. The molecule has 0 aromatic carbocycles. The number of hydrogen-bond acceptors (Lipinski definition) is 3. The van der Waals surface area contributed by atoms with Crippen LogP contribution in [0.25, 0.3) is 11.4 Å². The smallest absolute Gasteiger partial charge is 0.164 e. The van der Waals surface area contributed by atoms with Gasteiger partial charge in [-0.2, -0.15) is 0 Å². The molecule has 0 aliphatic carbocycles. The molecule has 16 heavy (non-hydrogen) atoms. The van der Waals surface area contributed by atoms with Crippen molar-refractivity contribution in [1.29, 1.82) is 0 Å². The number of hydrogen-bond donors (Lipinski definition) is 0. The number of pyridine rings is 1. The van der Waals surface area contributed by atoms with Crippen LogP contribution in [0.4, 0.5) is 0 Å². The molecule has 2 heterocycles. The Bertz CT molecular complexity index is 494. The van der Waals surface area contributed by atoms with Crippen LogP contribution in [0.15, 0.2) is 24.7 Å². The summed E-state index contributed by atoms with van der Waals surface area (Å²) in [4.78, 5) is 4.18. The van der Waals surface area contributed by atoms with Crippen LogP contribution in [0.2, 0.25) is 0 Å². The minimum atomic E-state index is -0.0178. The monoisotopic (exact) mass is 216 g/mol. The predicted molar refractivity (Wildman–Crippen MR) is 63.0 cm³/mol. The molecule has 0 aliphatic rings. The van der Waals surface area contributed by atoms with E-state index < -0.39 is 0 Å². The minimum absolute atomic E-state index is 0.0178. The third-order valence-corrected chi connectivity index (χ3v) is 2.43. The molecule has 0 bridgehead atoms. The molecule has 0 aliphatic heterocycles. The Hall–Kier alpha value is -1.71. The fraction of sp³-hybridized carbons (Fsp3) is 0.417. The van der Waals surface area contributed by atoms with Gasteiger partial charge >= 0.3 is 0 Å². The first-order chi connectivity index (χ1) is 7.48. The number of aromatic nitrogens is 4. The summed E-state index contributed by atoms with van der Waals surface area (Å²) in [6.45, 7) is 8.37. The molecule has 4 heteroatoms. The second kappa shape index (κ2) is 3.70. The maximum Gasteiger partial charge on any atom is 0.164 e. The highest BCUT2D eigenvalue weighted by atomic mass is 15.3. The SMILES string of the molecule is Cc1cc(-c2nncn2C(C)(C)C)ccn1. The van der Waals surface area contributed by atoms with Crippen LogP contribution in [0.1, 0.15) is 26.5 Å². The third-order valence-electron chi connectivity index (χ3n) is 2.43. The van der Waals surface area contributed by atoms with Crippen molar-refractivity contribution in [3.8, 4) is 11.4 Å². The summed E-state index contributed by atoms with van der Waals surface area (Å²) in [5.74, 6) is 0.887. The molecule has 0 saturated carbocycles. The molecule has 84 valence electrons. The van der Waals surface area contributed by atoms with E-state index in [1.165, 1.54) is 0 Å². The molecule has 2 aromatic heterocycles. The van der Waals surface area contributed by atoms with Gasteiger partial charge in [-0.3, -0.25) is 4.98 Å². The molecule has 0 spiro atoms. The molecule has 0 amide bonds. The van der Waals surface area contributed by atoms with Crippen molar-refractivity contribution in [2.45, 2.75) is 33.2 Å². The summed E-state index contributed by atoms with van der Waals surface area (Å²) in [5, 5.41) is 8.17. The molecule has 0 N–H and O–H groups in total. The van der Waals surface area contributed by atoms with Gasteiger partial charge in [-0.25, -0.2) is 0 Å². The van der Waals surface area contributed by atoms with E-state index in [0.29, 0.717) is 0 Å². The van der Waals surface area contributed by atoms with Crippen LogP contribution in [0.3, 0.4) is 0 Å². The van der Waals surface area contributed by atoms with Crippen LogP contribution in [0, 0.1) is 6.92 Å². The van der Waals surface area contributed by atoms with Crippen molar-refractivity contribution >= 4 is 0 Å². The van der Waals surface area contributed by atoms with E-state index in [4.69, 9.17) is 0 Å². The molecule has 0 radical (unpaired) electrons. The molecule has 0 atom stereocenters. The van der Waals surface area contributed by atoms with E-state index in [0.717, 1.165) is 17.1 Å². The normalized spacial score (nSPS) is 11.8. The van der Waals surface area contributed by atoms with Crippen molar-refractivity contribution < 1.29 is 0 Å². The number of aryl methyl sites for hydroxylation is 1. The highest BCUT2D eigenvalue weighted by Crippen LogP contribution is 2.23. The largest absolute Gasteiger partial charge is 0.308 e. The number of nitrogens with zero attached hydrogens (tertiary/aromatic N) is 4. The van der Waals surface area contributed by atoms with Crippen molar-refractivity contribution in [2.24, 2.45) is 0 Å². The Balaban J connectivity index is 2.53. The lowest BCUT2D eigenvalue weighted by molar-refractivity contribution is 0.400. The first-order valence-corrected chi connectivity index (χ1v) is 5.32. The van der Waals surface area contributed by atoms with Crippen LogP contribution in [-0.2, 0) is 5.54 Å². The van der Waals surface area contributed by atoms with Crippen molar-refractivity contribution in [2.75, 3.05) is 0 Å². The van der Waals surface area contributed by atoms with Gasteiger partial charge in [0.15, 0.2) is 5.82 Å². The Labute approximate surface area is 95.4 Å². The predicted octanol–water partition coefficient (Wildman–Crippen LogP) is 2.40. The first kappa shape index (κ1) is 10.8. The van der Waals surface area contributed by atoms with Crippen LogP contribution in [0.5, 0.6) is 0 Å². The average molecular weight is 216 g/mol. The van der Waals surface area contributed by atoms with Crippen LogP contribution < -0.4 is 0 Å². The van der Waals surface area contributed by atoms with Crippen molar-refractivity contribution in [1.82, 2.24) is 19.7 Å². The van der Waals surface area contributed by atoms with Crippen LogP contribution >= 0.6 is 0 Å². The maximum atomic E-state index is 4.18. The highest BCUT2D eigenvalue weighted by Gasteiger charge is 2.18. The minimum Gasteiger partial charge on any atom is -0.308 e. The zero-order valence-electron chi connectivity index (χ0n) is 10.1. The average Bonchev–Trinajstić information content (AvgIpc) is 2.65. The van der Waals surface area contributed by atoms with Gasteiger partial charge in [-0.15, -0.1) is 10.2 Å². The quantitative estimate of drug-likeness (QED) is 0.735. The molecule has 2 rings (SSSR count). The maximum absolute atomic E-state index is 4.18. The summed E-state index contributed by atoms with van der Waals surface area (Å²) in [6, 6.07) is 3.98. The standard InChI is InChI=1S/C12H16N4/c1-9-7-10(5-6-13-9)11-15-14-8-16(11)12(2,3)4/h5-8H,1-4H3. The zero-order valence-corrected chi connectivity index (χ0v) is 10.1. The van der Waals surface area contributed by atoms with Gasteiger partial charge in [0, 0.05) is 23.0 Å². The van der Waals surface area contributed by atoms with E-state index in [1.807, 2.05) is 19.1 Å². The van der Waals surface area contributed by atoms with E-state index >= 15 is 0 Å². The van der Waals surface area contributed by atoms with Gasteiger partial charge in [0.2, 0.25) is 0 Å². The van der Waals surface area contributed by atoms with E-state index in [2.05, 4.69) is 40.5 Å². The van der Waals surface area contributed by atoms with Crippen LogP contribution in [-0.4, -0.2) is 19.7 Å². The Morgan fingerprint density at radius 2 is 2.00 bits per heavy atom. The lowest BCUT2D eigenvalue weighted by Crippen LogP contribution is -2.21. The molecule has 0 unspecified atom stereocenters. The van der Waals surface area contributed by atoms with E-state index in [1.54, 1.807) is 12.5 Å². The Kier molecular flexibility index (Phi) is 2.50. The molecular formula is C12H16N4. The molecule has 0 saturated heterocycles. The third kappa shape index (κ3) is 1.96. The first-order valence-electron chi connectivity index (χ1n) is 5.32. The van der Waals surface area contributed by atoms with Gasteiger partial charge in [0.1, 0.15) is 6.33 Å². The Morgan fingerprint density at radius 1 is 1.25 bits per heavy atom. The lowest BCUT2D eigenvalue weighted by atomic mass is 10.1. The molecule has 4 nitrogen and oxygen atoms in total. The summed E-state index contributed by atoms with van der Waals surface area (Å²) in [7, 11) is 0.